The van der Waals surface area contributed by atoms with E-state index < -0.39 is 0 Å². The van der Waals surface area contributed by atoms with Gasteiger partial charge < -0.3 is 4.90 Å². The molecule has 10 aromatic rings. The monoisotopic (exact) mass is 817 g/mol. The molecule has 0 aromatic heterocycles. The molecule has 0 amide bonds. The van der Waals surface area contributed by atoms with E-state index in [1.807, 2.05) is 0 Å². The van der Waals surface area contributed by atoms with Crippen LogP contribution >= 0.6 is 0 Å². The highest BCUT2D eigenvalue weighted by atomic mass is 15.1. The maximum Gasteiger partial charge on any atom is 0.0465 e. The van der Waals surface area contributed by atoms with E-state index in [1.54, 1.807) is 0 Å². The summed E-state index contributed by atoms with van der Waals surface area (Å²) in [6, 6.07) is 90.7. The molecule has 0 radical (unpaired) electrons. The Labute approximate surface area is 377 Å². The Morgan fingerprint density at radius 3 is 1.17 bits per heavy atom. The van der Waals surface area contributed by atoms with Gasteiger partial charge >= 0.3 is 0 Å². The van der Waals surface area contributed by atoms with Crippen molar-refractivity contribution >= 4 is 17.1 Å². The van der Waals surface area contributed by atoms with E-state index in [4.69, 9.17) is 0 Å². The van der Waals surface area contributed by atoms with Crippen LogP contribution in [0.5, 0.6) is 0 Å². The summed E-state index contributed by atoms with van der Waals surface area (Å²) in [6.45, 7) is 4.71. The number of nitrogens with zero attached hydrogens (tertiary/aromatic N) is 1. The second kappa shape index (κ2) is 16.4. The summed E-state index contributed by atoms with van der Waals surface area (Å²) in [5.41, 5.74) is 23.0. The molecule has 10 aromatic carbocycles. The largest absolute Gasteiger partial charge is 0.310 e. The minimum absolute atomic E-state index is 0.122. The molecule has 0 fully saturated rings. The fourth-order valence-electron chi connectivity index (χ4n) is 9.87. The SMILES string of the molecule is CC1(C)c2ccccc2-c2ccc(N(c3ccc(-c4ccc(-c5ccccc5)cc4)cc3)c3ccc(-c4cccc(-c5ccccc5)c4-c4ccccc4-c4ccccc4)cc3)cc21. The summed E-state index contributed by atoms with van der Waals surface area (Å²) >= 11 is 0. The molecule has 64 heavy (non-hydrogen) atoms. The quantitative estimate of drug-likeness (QED) is 0.140. The fourth-order valence-corrected chi connectivity index (χ4v) is 9.87. The normalized spacial score (nSPS) is 12.3. The van der Waals surface area contributed by atoms with Crippen molar-refractivity contribution in [2.75, 3.05) is 4.90 Å². The minimum atomic E-state index is -0.122. The van der Waals surface area contributed by atoms with Crippen LogP contribution in [0.3, 0.4) is 0 Å². The summed E-state index contributed by atoms with van der Waals surface area (Å²) in [5, 5.41) is 0. The molecule has 0 atom stereocenters. The van der Waals surface area contributed by atoms with E-state index in [2.05, 4.69) is 267 Å². The van der Waals surface area contributed by atoms with Gasteiger partial charge in [0.15, 0.2) is 0 Å². The molecule has 304 valence electrons. The topological polar surface area (TPSA) is 3.24 Å². The van der Waals surface area contributed by atoms with Gasteiger partial charge in [0, 0.05) is 22.5 Å². The van der Waals surface area contributed by atoms with E-state index in [1.165, 1.54) is 89.0 Å². The summed E-state index contributed by atoms with van der Waals surface area (Å²) in [4.78, 5) is 2.41. The predicted octanol–water partition coefficient (Wildman–Crippen LogP) is 17.5. The van der Waals surface area contributed by atoms with Crippen LogP contribution in [0.15, 0.2) is 249 Å². The molecule has 1 heteroatoms. The van der Waals surface area contributed by atoms with Gasteiger partial charge in [-0.15, -0.1) is 0 Å². The lowest BCUT2D eigenvalue weighted by Crippen LogP contribution is -2.16. The van der Waals surface area contributed by atoms with Crippen LogP contribution in [-0.4, -0.2) is 0 Å². The molecule has 1 aliphatic carbocycles. The van der Waals surface area contributed by atoms with Crippen LogP contribution in [0.25, 0.3) is 77.9 Å². The predicted molar refractivity (Wildman–Crippen MR) is 271 cm³/mol. The van der Waals surface area contributed by atoms with Crippen LogP contribution < -0.4 is 4.90 Å². The van der Waals surface area contributed by atoms with Crippen LogP contribution in [0, 0.1) is 0 Å². The molecule has 0 N–H and O–H groups in total. The van der Waals surface area contributed by atoms with Gasteiger partial charge in [-0.2, -0.15) is 0 Å². The highest BCUT2D eigenvalue weighted by Crippen LogP contribution is 2.51. The molecule has 0 heterocycles. The average molecular weight is 818 g/mol. The van der Waals surface area contributed by atoms with E-state index >= 15 is 0 Å². The third-order valence-electron chi connectivity index (χ3n) is 13.1. The standard InChI is InChI=1S/C63H47N/c1-63(2)60-28-15-14-24-57(60)58-42-41-53(43-61(58)63)64(51-37-33-47(34-38-51)46-31-29-45(30-32-46)44-17-6-3-7-18-44)52-39-35-50(36-40-52)56-27-16-26-55(49-21-10-5-11-22-49)62(56)59-25-13-12-23-54(59)48-19-8-4-9-20-48/h3-43H,1-2H3. The molecule has 1 nitrogen and oxygen atoms in total. The number of rotatable bonds is 9. The van der Waals surface area contributed by atoms with Crippen molar-refractivity contribution in [2.45, 2.75) is 19.3 Å². The Kier molecular flexibility index (Phi) is 9.94. The lowest BCUT2D eigenvalue weighted by molar-refractivity contribution is 0.660. The van der Waals surface area contributed by atoms with E-state index in [9.17, 15) is 0 Å². The molecular weight excluding hydrogens is 771 g/mol. The minimum Gasteiger partial charge on any atom is -0.310 e. The first kappa shape index (κ1) is 38.9. The smallest absolute Gasteiger partial charge is 0.0465 e. The third-order valence-corrected chi connectivity index (χ3v) is 13.1. The maximum atomic E-state index is 2.42. The molecule has 0 saturated heterocycles. The van der Waals surface area contributed by atoms with Crippen molar-refractivity contribution in [3.05, 3.63) is 260 Å². The lowest BCUT2D eigenvalue weighted by atomic mass is 9.82. The van der Waals surface area contributed by atoms with Crippen molar-refractivity contribution in [3.63, 3.8) is 0 Å². The second-order valence-corrected chi connectivity index (χ2v) is 17.3. The Balaban J connectivity index is 1.02. The zero-order valence-corrected chi connectivity index (χ0v) is 36.1. The first-order valence-corrected chi connectivity index (χ1v) is 22.3. The molecule has 0 saturated carbocycles. The van der Waals surface area contributed by atoms with Crippen LogP contribution in [0.4, 0.5) is 17.1 Å². The van der Waals surface area contributed by atoms with Gasteiger partial charge in [0.25, 0.3) is 0 Å². The number of anilines is 3. The van der Waals surface area contributed by atoms with Gasteiger partial charge in [-0.25, -0.2) is 0 Å². The van der Waals surface area contributed by atoms with Crippen molar-refractivity contribution < 1.29 is 0 Å². The summed E-state index contributed by atoms with van der Waals surface area (Å²) < 4.78 is 0. The van der Waals surface area contributed by atoms with Gasteiger partial charge in [-0.3, -0.25) is 0 Å². The highest BCUT2D eigenvalue weighted by Gasteiger charge is 2.35. The first-order chi connectivity index (χ1) is 31.5. The molecule has 0 bridgehead atoms. The Morgan fingerprint density at radius 1 is 0.250 bits per heavy atom. The van der Waals surface area contributed by atoms with Gasteiger partial charge in [-0.1, -0.05) is 226 Å². The average Bonchev–Trinajstić information content (AvgIpc) is 3.60. The van der Waals surface area contributed by atoms with Crippen molar-refractivity contribution in [3.8, 4) is 77.9 Å². The van der Waals surface area contributed by atoms with Crippen LogP contribution in [-0.2, 0) is 5.41 Å². The summed E-state index contributed by atoms with van der Waals surface area (Å²) in [5.74, 6) is 0. The number of benzene rings is 10. The molecule has 0 unspecified atom stereocenters. The van der Waals surface area contributed by atoms with E-state index in [-0.39, 0.29) is 5.41 Å². The zero-order valence-electron chi connectivity index (χ0n) is 36.1. The van der Waals surface area contributed by atoms with Crippen LogP contribution in [0.2, 0.25) is 0 Å². The lowest BCUT2D eigenvalue weighted by Gasteiger charge is -2.28. The van der Waals surface area contributed by atoms with Gasteiger partial charge in [-0.05, 0) is 125 Å². The van der Waals surface area contributed by atoms with Crippen molar-refractivity contribution in [1.29, 1.82) is 0 Å². The van der Waals surface area contributed by atoms with E-state index in [0.717, 1.165) is 17.1 Å². The molecule has 1 aliphatic rings. The van der Waals surface area contributed by atoms with Crippen molar-refractivity contribution in [2.24, 2.45) is 0 Å². The van der Waals surface area contributed by atoms with Gasteiger partial charge in [0.2, 0.25) is 0 Å². The Bertz CT molecular complexity index is 3240. The van der Waals surface area contributed by atoms with E-state index in [0.29, 0.717) is 0 Å². The number of hydrogen-bond acceptors (Lipinski definition) is 1. The Hall–Kier alpha value is -8.00. The molecule has 0 aliphatic heterocycles. The Morgan fingerprint density at radius 2 is 0.609 bits per heavy atom. The summed E-state index contributed by atoms with van der Waals surface area (Å²) in [7, 11) is 0. The van der Waals surface area contributed by atoms with Gasteiger partial charge in [0.05, 0.1) is 0 Å². The number of hydrogen-bond donors (Lipinski definition) is 0. The molecule has 11 rings (SSSR count). The fraction of sp³-hybridized carbons (Fsp3) is 0.0476. The van der Waals surface area contributed by atoms with Crippen LogP contribution in [0.1, 0.15) is 25.0 Å². The maximum absolute atomic E-state index is 2.42. The zero-order chi connectivity index (χ0) is 43.0. The summed E-state index contributed by atoms with van der Waals surface area (Å²) in [6.07, 6.45) is 0. The third kappa shape index (κ3) is 7.02. The van der Waals surface area contributed by atoms with Gasteiger partial charge in [0.1, 0.15) is 0 Å². The molecular formula is C63H47N. The second-order valence-electron chi connectivity index (χ2n) is 17.3. The number of fused-ring (bicyclic) bond motifs is 3. The highest BCUT2D eigenvalue weighted by molar-refractivity contribution is 6.00. The van der Waals surface area contributed by atoms with Crippen molar-refractivity contribution in [1.82, 2.24) is 0 Å². The molecule has 0 spiro atoms. The first-order valence-electron chi connectivity index (χ1n) is 22.3.